The van der Waals surface area contributed by atoms with Crippen LogP contribution in [0.5, 0.6) is 17.2 Å². The van der Waals surface area contributed by atoms with Gasteiger partial charge in [0.15, 0.2) is 11.5 Å². The van der Waals surface area contributed by atoms with Crippen LogP contribution in [0.15, 0.2) is 48.0 Å². The lowest BCUT2D eigenvalue weighted by atomic mass is 9.95. The molecule has 2 aromatic rings. The quantitative estimate of drug-likeness (QED) is 0.426. The summed E-state index contributed by atoms with van der Waals surface area (Å²) >= 11 is 0. The van der Waals surface area contributed by atoms with E-state index in [1.165, 1.54) is 19.1 Å². The second-order valence-electron chi connectivity index (χ2n) is 6.84. The highest BCUT2D eigenvalue weighted by atomic mass is 16.5. The van der Waals surface area contributed by atoms with Crippen molar-refractivity contribution in [3.8, 4) is 17.2 Å². The van der Waals surface area contributed by atoms with Gasteiger partial charge in [-0.25, -0.2) is 0 Å². The molecule has 30 heavy (non-hydrogen) atoms. The number of ether oxygens (including phenoxy) is 3. The van der Waals surface area contributed by atoms with Crippen molar-refractivity contribution in [1.82, 2.24) is 4.90 Å². The van der Waals surface area contributed by atoms with Crippen LogP contribution in [-0.2, 0) is 9.59 Å². The van der Waals surface area contributed by atoms with Crippen LogP contribution in [-0.4, -0.2) is 49.6 Å². The summed E-state index contributed by atoms with van der Waals surface area (Å²) in [5, 5.41) is 11.1. The van der Waals surface area contributed by atoms with Crippen LogP contribution < -0.4 is 14.2 Å². The molecule has 1 N–H and O–H groups in total. The van der Waals surface area contributed by atoms with Crippen molar-refractivity contribution in [2.24, 2.45) is 0 Å². The highest BCUT2D eigenvalue weighted by Gasteiger charge is 2.45. The Balaban J connectivity index is 2.20. The Labute approximate surface area is 175 Å². The fourth-order valence-corrected chi connectivity index (χ4v) is 3.65. The van der Waals surface area contributed by atoms with Crippen molar-refractivity contribution in [2.45, 2.75) is 19.4 Å². The van der Waals surface area contributed by atoms with Gasteiger partial charge >= 0.3 is 0 Å². The fraction of sp³-hybridized carbons (Fsp3) is 0.304. The first-order chi connectivity index (χ1) is 14.5. The van der Waals surface area contributed by atoms with Crippen molar-refractivity contribution < 1.29 is 28.9 Å². The van der Waals surface area contributed by atoms with Gasteiger partial charge in [-0.15, -0.1) is 0 Å². The molecule has 1 heterocycles. The van der Waals surface area contributed by atoms with Crippen LogP contribution in [0.4, 0.5) is 0 Å². The van der Waals surface area contributed by atoms with Crippen LogP contribution in [0, 0.1) is 0 Å². The predicted octanol–water partition coefficient (Wildman–Crippen LogP) is 3.54. The lowest BCUT2D eigenvalue weighted by Crippen LogP contribution is -2.30. The Bertz CT molecular complexity index is 997. The summed E-state index contributed by atoms with van der Waals surface area (Å²) in [5.74, 6) is -0.122. The summed E-state index contributed by atoms with van der Waals surface area (Å²) < 4.78 is 15.8. The van der Waals surface area contributed by atoms with E-state index in [0.717, 1.165) is 0 Å². The molecule has 0 spiro atoms. The summed E-state index contributed by atoms with van der Waals surface area (Å²) in [6, 6.07) is 11.3. The number of ketones is 1. The lowest BCUT2D eigenvalue weighted by Gasteiger charge is -2.25. The van der Waals surface area contributed by atoms with E-state index in [9.17, 15) is 14.7 Å². The molecule has 0 bridgehead atoms. The highest BCUT2D eigenvalue weighted by Crippen LogP contribution is 2.41. The van der Waals surface area contributed by atoms with E-state index >= 15 is 0 Å². The number of amides is 1. The maximum Gasteiger partial charge on any atom is 0.295 e. The molecule has 0 aliphatic carbocycles. The molecule has 1 amide bonds. The number of aliphatic hydroxyl groups is 1. The number of aliphatic hydroxyl groups excluding tert-OH is 1. The second-order valence-corrected chi connectivity index (χ2v) is 6.84. The first-order valence-electron chi connectivity index (χ1n) is 9.61. The number of rotatable bonds is 7. The molecule has 1 saturated heterocycles. The number of carbonyl (C=O) groups is 2. The van der Waals surface area contributed by atoms with E-state index in [2.05, 4.69) is 0 Å². The molecule has 0 saturated carbocycles. The first-order valence-corrected chi connectivity index (χ1v) is 9.61. The zero-order chi connectivity index (χ0) is 21.8. The second kappa shape index (κ2) is 8.90. The summed E-state index contributed by atoms with van der Waals surface area (Å²) in [7, 11) is 4.54. The first kappa shape index (κ1) is 21.2. The van der Waals surface area contributed by atoms with Crippen molar-refractivity contribution >= 4 is 17.4 Å². The van der Waals surface area contributed by atoms with Gasteiger partial charge in [-0.1, -0.05) is 19.1 Å². The standard InChI is InChI=1S/C23H25NO6/c1-5-11-24-20(14-7-6-8-16(12-14)28-2)19(22(26)23(24)27)21(25)15-9-10-17(29-3)18(13-15)30-4/h6-10,12-13,20,25H,5,11H2,1-4H3/b21-19-. The summed E-state index contributed by atoms with van der Waals surface area (Å²) in [6.45, 7) is 2.31. The Morgan fingerprint density at radius 2 is 1.73 bits per heavy atom. The molecule has 1 aliphatic rings. The van der Waals surface area contributed by atoms with E-state index in [0.29, 0.717) is 41.3 Å². The molecule has 3 rings (SSSR count). The van der Waals surface area contributed by atoms with Gasteiger partial charge in [-0.2, -0.15) is 0 Å². The smallest absolute Gasteiger partial charge is 0.295 e. The highest BCUT2D eigenvalue weighted by molar-refractivity contribution is 6.46. The molecule has 158 valence electrons. The molecule has 1 unspecified atom stereocenters. The van der Waals surface area contributed by atoms with Gasteiger partial charge in [0.2, 0.25) is 0 Å². The van der Waals surface area contributed by atoms with Gasteiger partial charge in [0.1, 0.15) is 11.5 Å². The number of carbonyl (C=O) groups excluding carboxylic acids is 2. The van der Waals surface area contributed by atoms with E-state index in [1.807, 2.05) is 13.0 Å². The van der Waals surface area contributed by atoms with Crippen LogP contribution in [0.2, 0.25) is 0 Å². The maximum absolute atomic E-state index is 12.9. The number of likely N-dealkylation sites (tertiary alicyclic amines) is 1. The van der Waals surface area contributed by atoms with Crippen LogP contribution in [0.25, 0.3) is 5.76 Å². The van der Waals surface area contributed by atoms with Gasteiger partial charge in [0.25, 0.3) is 11.7 Å². The average Bonchev–Trinajstić information content (AvgIpc) is 3.03. The minimum absolute atomic E-state index is 0.0360. The number of hydrogen-bond donors (Lipinski definition) is 1. The number of Topliss-reactive ketones (excluding diaryl/α,β-unsaturated/α-hetero) is 1. The molecule has 1 aliphatic heterocycles. The third-order valence-corrected chi connectivity index (χ3v) is 5.07. The van der Waals surface area contributed by atoms with Crippen molar-refractivity contribution in [2.75, 3.05) is 27.9 Å². The van der Waals surface area contributed by atoms with Crippen LogP contribution in [0.1, 0.15) is 30.5 Å². The number of benzene rings is 2. The molecular weight excluding hydrogens is 386 g/mol. The average molecular weight is 411 g/mol. The van der Waals surface area contributed by atoms with E-state index in [4.69, 9.17) is 14.2 Å². The molecule has 7 heteroatoms. The fourth-order valence-electron chi connectivity index (χ4n) is 3.65. The molecule has 1 fully saturated rings. The predicted molar refractivity (Wildman–Crippen MR) is 112 cm³/mol. The van der Waals surface area contributed by atoms with Crippen LogP contribution >= 0.6 is 0 Å². The summed E-state index contributed by atoms with van der Waals surface area (Å²) in [5.41, 5.74) is 1.08. The maximum atomic E-state index is 12.9. The molecule has 1 atom stereocenters. The topological polar surface area (TPSA) is 85.3 Å². The molecule has 2 aromatic carbocycles. The molecule has 7 nitrogen and oxygen atoms in total. The van der Waals surface area contributed by atoms with Gasteiger partial charge < -0.3 is 24.2 Å². The SMILES string of the molecule is CCCN1C(=O)C(=O)/C(=C(\O)c2ccc(OC)c(OC)c2)C1c1cccc(OC)c1. The molecule has 0 radical (unpaired) electrons. The van der Waals surface area contributed by atoms with Gasteiger partial charge in [-0.05, 0) is 42.3 Å². The van der Waals surface area contributed by atoms with E-state index < -0.39 is 17.7 Å². The zero-order valence-corrected chi connectivity index (χ0v) is 17.5. The van der Waals surface area contributed by atoms with Gasteiger partial charge in [0, 0.05) is 12.1 Å². The normalized spacial score (nSPS) is 17.9. The van der Waals surface area contributed by atoms with Gasteiger partial charge in [0.05, 0.1) is 32.9 Å². The monoisotopic (exact) mass is 411 g/mol. The number of hydrogen-bond acceptors (Lipinski definition) is 6. The minimum Gasteiger partial charge on any atom is -0.507 e. The molecular formula is C23H25NO6. The van der Waals surface area contributed by atoms with Crippen molar-refractivity contribution in [3.05, 3.63) is 59.2 Å². The zero-order valence-electron chi connectivity index (χ0n) is 17.5. The third kappa shape index (κ3) is 3.70. The van der Waals surface area contributed by atoms with Crippen molar-refractivity contribution in [3.63, 3.8) is 0 Å². The van der Waals surface area contributed by atoms with Crippen molar-refractivity contribution in [1.29, 1.82) is 0 Å². The summed E-state index contributed by atoms with van der Waals surface area (Å²) in [6.07, 6.45) is 0.671. The number of nitrogens with zero attached hydrogens (tertiary/aromatic N) is 1. The summed E-state index contributed by atoms with van der Waals surface area (Å²) in [4.78, 5) is 27.2. The lowest BCUT2D eigenvalue weighted by molar-refractivity contribution is -0.139. The van der Waals surface area contributed by atoms with Gasteiger partial charge in [-0.3, -0.25) is 9.59 Å². The Morgan fingerprint density at radius 3 is 2.37 bits per heavy atom. The van der Waals surface area contributed by atoms with E-state index in [-0.39, 0.29) is 11.3 Å². The largest absolute Gasteiger partial charge is 0.507 e. The third-order valence-electron chi connectivity index (χ3n) is 5.07. The Kier molecular flexibility index (Phi) is 6.30. The number of methoxy groups -OCH3 is 3. The molecule has 0 aromatic heterocycles. The Morgan fingerprint density at radius 1 is 1.00 bits per heavy atom. The Hall–Kier alpha value is -3.48. The minimum atomic E-state index is -0.719. The van der Waals surface area contributed by atoms with E-state index in [1.54, 1.807) is 43.5 Å². The van der Waals surface area contributed by atoms with Crippen LogP contribution in [0.3, 0.4) is 0 Å².